The molecule has 0 bridgehead atoms. The highest BCUT2D eigenvalue weighted by Gasteiger charge is 2.15. The van der Waals surface area contributed by atoms with Crippen LogP contribution in [0.3, 0.4) is 0 Å². The van der Waals surface area contributed by atoms with Crippen molar-refractivity contribution in [3.05, 3.63) is 72.1 Å². The van der Waals surface area contributed by atoms with Gasteiger partial charge in [0.25, 0.3) is 10.0 Å². The van der Waals surface area contributed by atoms with E-state index >= 15 is 0 Å². The number of thiocarbonyl (C=S) groups is 1. The van der Waals surface area contributed by atoms with E-state index in [0.717, 1.165) is 11.3 Å². The predicted molar refractivity (Wildman–Crippen MR) is 115 cm³/mol. The van der Waals surface area contributed by atoms with Crippen molar-refractivity contribution < 1.29 is 8.42 Å². The molecule has 0 unspecified atom stereocenters. The summed E-state index contributed by atoms with van der Waals surface area (Å²) in [5, 5.41) is 6.55. The minimum absolute atomic E-state index is 0.0171. The Morgan fingerprint density at radius 1 is 0.893 bits per heavy atom. The molecule has 1 heterocycles. The zero-order valence-electron chi connectivity index (χ0n) is 15.3. The fourth-order valence-electron chi connectivity index (χ4n) is 2.36. The van der Waals surface area contributed by atoms with Gasteiger partial charge in [0.15, 0.2) is 5.11 Å². The lowest BCUT2D eigenvalue weighted by atomic mass is 10.1. The number of hydrogen-bond donors (Lipinski definition) is 3. The number of aryl methyl sites for hydroxylation is 2. The topological polar surface area (TPSA) is 96.0 Å². The monoisotopic (exact) mass is 413 g/mol. The fraction of sp³-hybridized carbons (Fsp3) is 0.105. The van der Waals surface area contributed by atoms with Crippen LogP contribution in [0.1, 0.15) is 11.1 Å². The van der Waals surface area contributed by atoms with Gasteiger partial charge in [-0.15, -0.1) is 0 Å². The molecule has 0 radical (unpaired) electrons. The number of nitrogens with zero attached hydrogens (tertiary/aromatic N) is 2. The van der Waals surface area contributed by atoms with Crippen LogP contribution in [-0.2, 0) is 10.0 Å². The Balaban J connectivity index is 1.65. The van der Waals surface area contributed by atoms with Crippen molar-refractivity contribution in [3.63, 3.8) is 0 Å². The molecule has 3 N–H and O–H groups in total. The maximum Gasteiger partial charge on any atom is 0.264 e. The van der Waals surface area contributed by atoms with Gasteiger partial charge in [0.2, 0.25) is 5.95 Å². The second-order valence-corrected chi connectivity index (χ2v) is 8.17. The maximum absolute atomic E-state index is 12.4. The summed E-state index contributed by atoms with van der Waals surface area (Å²) in [6.07, 6.45) is 2.92. The zero-order valence-corrected chi connectivity index (χ0v) is 16.9. The van der Waals surface area contributed by atoms with Gasteiger partial charge in [-0.1, -0.05) is 6.07 Å². The molecular weight excluding hydrogens is 394 g/mol. The van der Waals surface area contributed by atoms with Crippen LogP contribution >= 0.6 is 12.2 Å². The van der Waals surface area contributed by atoms with Crippen molar-refractivity contribution in [1.82, 2.24) is 9.97 Å². The first kappa shape index (κ1) is 19.7. The van der Waals surface area contributed by atoms with Crippen molar-refractivity contribution in [2.24, 2.45) is 0 Å². The molecule has 9 heteroatoms. The van der Waals surface area contributed by atoms with Crippen LogP contribution in [0.5, 0.6) is 0 Å². The summed E-state index contributed by atoms with van der Waals surface area (Å²) in [7, 11) is -3.77. The van der Waals surface area contributed by atoms with Crippen LogP contribution in [0, 0.1) is 13.8 Å². The number of nitrogens with one attached hydrogen (secondary N) is 3. The molecule has 2 aromatic carbocycles. The van der Waals surface area contributed by atoms with Gasteiger partial charge in [0.05, 0.1) is 4.90 Å². The quantitative estimate of drug-likeness (QED) is 0.549. The second-order valence-electron chi connectivity index (χ2n) is 6.08. The van der Waals surface area contributed by atoms with E-state index in [-0.39, 0.29) is 10.8 Å². The normalized spacial score (nSPS) is 10.9. The van der Waals surface area contributed by atoms with Crippen molar-refractivity contribution in [1.29, 1.82) is 0 Å². The average molecular weight is 414 g/mol. The Labute approximate surface area is 169 Å². The lowest BCUT2D eigenvalue weighted by Gasteiger charge is -2.12. The number of anilines is 3. The standard InChI is InChI=1S/C19H19N5O2S2/c1-13-4-5-16(12-14(13)2)23-19(27)22-15-6-8-17(9-7-15)28(25,26)24-18-20-10-3-11-21-18/h3-12H,1-2H3,(H,20,21,24)(H2,22,23,27). The molecule has 0 saturated heterocycles. The van der Waals surface area contributed by atoms with E-state index in [1.807, 2.05) is 32.0 Å². The number of hydrogen-bond acceptors (Lipinski definition) is 5. The molecular formula is C19H19N5O2S2. The SMILES string of the molecule is Cc1ccc(NC(=S)Nc2ccc(S(=O)(=O)Nc3ncccn3)cc2)cc1C. The van der Waals surface area contributed by atoms with Gasteiger partial charge in [-0.25, -0.2) is 23.1 Å². The number of benzene rings is 2. The van der Waals surface area contributed by atoms with E-state index in [4.69, 9.17) is 12.2 Å². The van der Waals surface area contributed by atoms with Gasteiger partial charge in [-0.2, -0.15) is 0 Å². The summed E-state index contributed by atoms with van der Waals surface area (Å²) in [6, 6.07) is 13.8. The maximum atomic E-state index is 12.4. The molecule has 0 aliphatic carbocycles. The predicted octanol–water partition coefficient (Wildman–Crippen LogP) is 3.70. The Morgan fingerprint density at radius 3 is 2.14 bits per heavy atom. The molecule has 0 aliphatic rings. The molecule has 28 heavy (non-hydrogen) atoms. The molecule has 0 fully saturated rings. The van der Waals surface area contributed by atoms with Gasteiger partial charge in [-0.05, 0) is 79.7 Å². The summed E-state index contributed by atoms with van der Waals surface area (Å²) in [5.41, 5.74) is 3.91. The van der Waals surface area contributed by atoms with E-state index in [2.05, 4.69) is 25.3 Å². The second kappa shape index (κ2) is 8.32. The Bertz CT molecular complexity index is 1090. The molecule has 0 spiro atoms. The third-order valence-corrected chi connectivity index (χ3v) is 5.53. The van der Waals surface area contributed by atoms with Crippen molar-refractivity contribution in [3.8, 4) is 0 Å². The van der Waals surface area contributed by atoms with Gasteiger partial charge < -0.3 is 10.6 Å². The van der Waals surface area contributed by atoms with Crippen LogP contribution in [0.25, 0.3) is 0 Å². The van der Waals surface area contributed by atoms with Crippen LogP contribution in [-0.4, -0.2) is 23.5 Å². The van der Waals surface area contributed by atoms with Gasteiger partial charge in [0.1, 0.15) is 0 Å². The van der Waals surface area contributed by atoms with Gasteiger partial charge in [0, 0.05) is 23.8 Å². The third-order valence-electron chi connectivity index (χ3n) is 3.98. The molecule has 0 saturated carbocycles. The van der Waals surface area contributed by atoms with Gasteiger partial charge >= 0.3 is 0 Å². The largest absolute Gasteiger partial charge is 0.332 e. The Kier molecular flexibility index (Phi) is 5.86. The van der Waals surface area contributed by atoms with Crippen molar-refractivity contribution in [2.75, 3.05) is 15.4 Å². The minimum atomic E-state index is -3.77. The van der Waals surface area contributed by atoms with E-state index in [0.29, 0.717) is 10.8 Å². The van der Waals surface area contributed by atoms with E-state index in [1.165, 1.54) is 30.1 Å². The van der Waals surface area contributed by atoms with Crippen LogP contribution < -0.4 is 15.4 Å². The number of rotatable bonds is 5. The first-order valence-corrected chi connectivity index (χ1v) is 10.3. The van der Waals surface area contributed by atoms with Gasteiger partial charge in [-0.3, -0.25) is 0 Å². The lowest BCUT2D eigenvalue weighted by molar-refractivity contribution is 0.601. The minimum Gasteiger partial charge on any atom is -0.332 e. The lowest BCUT2D eigenvalue weighted by Crippen LogP contribution is -2.19. The molecule has 3 aromatic rings. The first-order chi connectivity index (χ1) is 13.3. The van der Waals surface area contributed by atoms with Crippen molar-refractivity contribution >= 4 is 44.7 Å². The first-order valence-electron chi connectivity index (χ1n) is 8.39. The van der Waals surface area contributed by atoms with Crippen LogP contribution in [0.15, 0.2) is 65.8 Å². The number of aromatic nitrogens is 2. The molecule has 0 aliphatic heterocycles. The average Bonchev–Trinajstić information content (AvgIpc) is 2.65. The molecule has 0 amide bonds. The van der Waals surface area contributed by atoms with Crippen LogP contribution in [0.4, 0.5) is 17.3 Å². The highest BCUT2D eigenvalue weighted by Crippen LogP contribution is 2.18. The molecule has 144 valence electrons. The summed E-state index contributed by atoms with van der Waals surface area (Å²) in [6.45, 7) is 4.08. The molecule has 1 aromatic heterocycles. The highest BCUT2D eigenvalue weighted by molar-refractivity contribution is 7.92. The summed E-state index contributed by atoms with van der Waals surface area (Å²) < 4.78 is 27.1. The number of sulfonamides is 1. The highest BCUT2D eigenvalue weighted by atomic mass is 32.2. The van der Waals surface area contributed by atoms with Crippen molar-refractivity contribution in [2.45, 2.75) is 18.7 Å². The fourth-order valence-corrected chi connectivity index (χ4v) is 3.55. The van der Waals surface area contributed by atoms with E-state index in [1.54, 1.807) is 18.2 Å². The third kappa shape index (κ3) is 5.02. The molecule has 7 nitrogen and oxygen atoms in total. The zero-order chi connectivity index (χ0) is 20.1. The summed E-state index contributed by atoms with van der Waals surface area (Å²) >= 11 is 5.32. The Morgan fingerprint density at radius 2 is 1.50 bits per heavy atom. The Hall–Kier alpha value is -3.04. The van der Waals surface area contributed by atoms with Crippen LogP contribution in [0.2, 0.25) is 0 Å². The summed E-state index contributed by atoms with van der Waals surface area (Å²) in [4.78, 5) is 7.81. The molecule has 0 atom stereocenters. The molecule has 3 rings (SSSR count). The summed E-state index contributed by atoms with van der Waals surface area (Å²) in [5.74, 6) is 0.0171. The smallest absolute Gasteiger partial charge is 0.264 e. The van der Waals surface area contributed by atoms with E-state index < -0.39 is 10.0 Å². The van der Waals surface area contributed by atoms with E-state index in [9.17, 15) is 8.42 Å².